The number of fused-ring (bicyclic) bond motifs is 1. The molecule has 3 atom stereocenters. The minimum atomic E-state index is 0.273. The second-order valence-corrected chi connectivity index (χ2v) is 5.35. The fourth-order valence-electron chi connectivity index (χ4n) is 3.46. The first-order valence-corrected chi connectivity index (χ1v) is 6.60. The maximum atomic E-state index is 11.6. The van der Waals surface area contributed by atoms with Crippen LogP contribution in [-0.2, 0) is 4.79 Å². The van der Waals surface area contributed by atoms with Gasteiger partial charge in [-0.2, -0.15) is 0 Å². The summed E-state index contributed by atoms with van der Waals surface area (Å²) in [4.78, 5) is 14.2. The molecule has 3 saturated heterocycles. The summed E-state index contributed by atoms with van der Waals surface area (Å²) >= 11 is 0. The van der Waals surface area contributed by atoms with Gasteiger partial charge in [0.15, 0.2) is 0 Å². The maximum absolute atomic E-state index is 11.6. The van der Waals surface area contributed by atoms with Crippen LogP contribution in [0.5, 0.6) is 0 Å². The van der Waals surface area contributed by atoms with Crippen molar-refractivity contribution in [2.75, 3.05) is 26.2 Å². The molecular weight excluding hydrogens is 202 g/mol. The van der Waals surface area contributed by atoms with Crippen molar-refractivity contribution in [3.63, 3.8) is 0 Å². The summed E-state index contributed by atoms with van der Waals surface area (Å²) in [6.07, 6.45) is 4.88. The van der Waals surface area contributed by atoms with E-state index in [0.29, 0.717) is 12.1 Å². The number of carbonyl (C=O) groups excluding carboxylic acids is 1. The molecular formula is C12H21N3O. The predicted molar refractivity (Wildman–Crippen MR) is 62.1 cm³/mol. The van der Waals surface area contributed by atoms with E-state index in [1.807, 2.05) is 0 Å². The van der Waals surface area contributed by atoms with Crippen LogP contribution in [0.2, 0.25) is 0 Å². The number of amides is 1. The topological polar surface area (TPSA) is 44.4 Å². The minimum Gasteiger partial charge on any atom is -0.354 e. The normalized spacial score (nSPS) is 39.8. The predicted octanol–water partition coefficient (Wildman–Crippen LogP) is -0.0512. The van der Waals surface area contributed by atoms with Gasteiger partial charge in [-0.1, -0.05) is 0 Å². The molecule has 16 heavy (non-hydrogen) atoms. The van der Waals surface area contributed by atoms with E-state index in [4.69, 9.17) is 0 Å². The Kier molecular flexibility index (Phi) is 2.86. The second-order valence-electron chi connectivity index (χ2n) is 5.35. The Bertz CT molecular complexity index is 275. The Morgan fingerprint density at radius 2 is 2.25 bits per heavy atom. The smallest absolute Gasteiger partial charge is 0.224 e. The van der Waals surface area contributed by atoms with Gasteiger partial charge >= 0.3 is 0 Å². The molecule has 2 N–H and O–H groups in total. The van der Waals surface area contributed by atoms with Crippen molar-refractivity contribution < 1.29 is 4.79 Å². The summed E-state index contributed by atoms with van der Waals surface area (Å²) in [5, 5.41) is 6.56. The molecule has 0 aromatic heterocycles. The molecule has 3 aliphatic rings. The third-order valence-electron chi connectivity index (χ3n) is 4.33. The number of hydrogen-bond donors (Lipinski definition) is 2. The third kappa shape index (κ3) is 1.84. The van der Waals surface area contributed by atoms with Crippen LogP contribution in [0.4, 0.5) is 0 Å². The van der Waals surface area contributed by atoms with Crippen LogP contribution in [0.1, 0.15) is 25.7 Å². The standard InChI is InChI=1S/C12H21N3O/c16-12-10-4-2-6-15(11(10)7-14-12)8-9-3-1-5-13-9/h9-11,13H,1-8H2,(H,14,16)/t9-,10?,11?/m1/s1. The Morgan fingerprint density at radius 1 is 1.31 bits per heavy atom. The Balaban J connectivity index is 1.63. The molecule has 4 nitrogen and oxygen atoms in total. The highest BCUT2D eigenvalue weighted by Crippen LogP contribution is 2.27. The van der Waals surface area contributed by atoms with Gasteiger partial charge in [0.05, 0.1) is 5.92 Å². The lowest BCUT2D eigenvalue weighted by Gasteiger charge is -2.37. The number of nitrogens with zero attached hydrogens (tertiary/aromatic N) is 1. The SMILES string of the molecule is O=C1NCC2C1CCCN2C[C@H]1CCCN1. The van der Waals surface area contributed by atoms with Gasteiger partial charge in [-0.05, 0) is 38.8 Å². The van der Waals surface area contributed by atoms with Crippen molar-refractivity contribution in [2.45, 2.75) is 37.8 Å². The first-order valence-electron chi connectivity index (χ1n) is 6.60. The molecule has 0 aliphatic carbocycles. The van der Waals surface area contributed by atoms with Gasteiger partial charge in [-0.3, -0.25) is 9.69 Å². The lowest BCUT2D eigenvalue weighted by Crippen LogP contribution is -2.50. The van der Waals surface area contributed by atoms with Crippen LogP contribution in [0.3, 0.4) is 0 Å². The highest BCUT2D eigenvalue weighted by atomic mass is 16.2. The largest absolute Gasteiger partial charge is 0.354 e. The van der Waals surface area contributed by atoms with Gasteiger partial charge in [0.25, 0.3) is 0 Å². The van der Waals surface area contributed by atoms with Crippen molar-refractivity contribution in [2.24, 2.45) is 5.92 Å². The van der Waals surface area contributed by atoms with Crippen molar-refractivity contribution >= 4 is 5.91 Å². The van der Waals surface area contributed by atoms with Gasteiger partial charge < -0.3 is 10.6 Å². The van der Waals surface area contributed by atoms with E-state index in [1.165, 1.54) is 32.4 Å². The van der Waals surface area contributed by atoms with Crippen LogP contribution < -0.4 is 10.6 Å². The van der Waals surface area contributed by atoms with E-state index < -0.39 is 0 Å². The molecule has 3 heterocycles. The summed E-state index contributed by atoms with van der Waals surface area (Å²) in [6, 6.07) is 1.14. The summed E-state index contributed by atoms with van der Waals surface area (Å²) < 4.78 is 0. The lowest BCUT2D eigenvalue weighted by atomic mass is 9.91. The Morgan fingerprint density at radius 3 is 3.06 bits per heavy atom. The fraction of sp³-hybridized carbons (Fsp3) is 0.917. The molecule has 2 unspecified atom stereocenters. The monoisotopic (exact) mass is 223 g/mol. The number of carbonyl (C=O) groups is 1. The molecule has 3 rings (SSSR count). The Labute approximate surface area is 96.8 Å². The third-order valence-corrected chi connectivity index (χ3v) is 4.33. The zero-order valence-electron chi connectivity index (χ0n) is 9.74. The first kappa shape index (κ1) is 10.5. The second kappa shape index (κ2) is 4.34. The van der Waals surface area contributed by atoms with Gasteiger partial charge in [-0.15, -0.1) is 0 Å². The molecule has 0 aromatic carbocycles. The van der Waals surface area contributed by atoms with E-state index in [1.54, 1.807) is 0 Å². The number of likely N-dealkylation sites (tertiary alicyclic amines) is 1. The van der Waals surface area contributed by atoms with E-state index in [-0.39, 0.29) is 11.8 Å². The van der Waals surface area contributed by atoms with Crippen LogP contribution in [-0.4, -0.2) is 49.1 Å². The van der Waals surface area contributed by atoms with Gasteiger partial charge in [0, 0.05) is 25.2 Å². The summed E-state index contributed by atoms with van der Waals surface area (Å²) in [7, 11) is 0. The highest BCUT2D eigenvalue weighted by Gasteiger charge is 2.41. The molecule has 3 aliphatic heterocycles. The number of hydrogen-bond acceptors (Lipinski definition) is 3. The van der Waals surface area contributed by atoms with Crippen LogP contribution >= 0.6 is 0 Å². The minimum absolute atomic E-state index is 0.273. The molecule has 90 valence electrons. The van der Waals surface area contributed by atoms with Crippen molar-refractivity contribution in [1.82, 2.24) is 15.5 Å². The van der Waals surface area contributed by atoms with Crippen molar-refractivity contribution in [3.05, 3.63) is 0 Å². The van der Waals surface area contributed by atoms with E-state index >= 15 is 0 Å². The summed E-state index contributed by atoms with van der Waals surface area (Å²) in [6.45, 7) is 4.35. The van der Waals surface area contributed by atoms with Gasteiger partial charge in [0.1, 0.15) is 0 Å². The average molecular weight is 223 g/mol. The number of rotatable bonds is 2. The molecule has 0 aromatic rings. The molecule has 0 spiro atoms. The first-order chi connectivity index (χ1) is 7.84. The highest BCUT2D eigenvalue weighted by molar-refractivity contribution is 5.82. The molecule has 3 fully saturated rings. The van der Waals surface area contributed by atoms with E-state index in [2.05, 4.69) is 15.5 Å². The average Bonchev–Trinajstić information content (AvgIpc) is 2.90. The zero-order chi connectivity index (χ0) is 11.0. The van der Waals surface area contributed by atoms with Crippen molar-refractivity contribution in [1.29, 1.82) is 0 Å². The number of nitrogens with one attached hydrogen (secondary N) is 2. The van der Waals surface area contributed by atoms with E-state index in [9.17, 15) is 4.79 Å². The van der Waals surface area contributed by atoms with Crippen LogP contribution in [0.15, 0.2) is 0 Å². The molecule has 0 radical (unpaired) electrons. The quantitative estimate of drug-likeness (QED) is 0.690. The van der Waals surface area contributed by atoms with Crippen molar-refractivity contribution in [3.8, 4) is 0 Å². The van der Waals surface area contributed by atoms with Gasteiger partial charge in [0.2, 0.25) is 5.91 Å². The zero-order valence-corrected chi connectivity index (χ0v) is 9.74. The summed E-state index contributed by atoms with van der Waals surface area (Å²) in [5.74, 6) is 0.559. The van der Waals surface area contributed by atoms with Crippen LogP contribution in [0.25, 0.3) is 0 Å². The van der Waals surface area contributed by atoms with Gasteiger partial charge in [-0.25, -0.2) is 0 Å². The maximum Gasteiger partial charge on any atom is 0.224 e. The molecule has 1 amide bonds. The molecule has 0 saturated carbocycles. The number of piperidine rings is 1. The molecule has 0 bridgehead atoms. The van der Waals surface area contributed by atoms with Crippen LogP contribution in [0, 0.1) is 5.92 Å². The Hall–Kier alpha value is -0.610. The lowest BCUT2D eigenvalue weighted by molar-refractivity contribution is -0.124. The fourth-order valence-corrected chi connectivity index (χ4v) is 3.46. The summed E-state index contributed by atoms with van der Waals surface area (Å²) in [5.41, 5.74) is 0. The van der Waals surface area contributed by atoms with E-state index in [0.717, 1.165) is 19.5 Å². The molecule has 4 heteroatoms.